The zero-order valence-electron chi connectivity index (χ0n) is 13.4. The van der Waals surface area contributed by atoms with Crippen molar-refractivity contribution in [1.29, 1.82) is 0 Å². The lowest BCUT2D eigenvalue weighted by molar-refractivity contribution is 0.0473. The molecule has 6 heteroatoms. The number of aromatic nitrogens is 1. The first-order valence-corrected chi connectivity index (χ1v) is 8.63. The molecule has 4 rings (SSSR count). The summed E-state index contributed by atoms with van der Waals surface area (Å²) in [4.78, 5) is 28.1. The minimum atomic E-state index is -0.513. The summed E-state index contributed by atoms with van der Waals surface area (Å²) in [6, 6.07) is 14.4. The Kier molecular flexibility index (Phi) is 4.26. The summed E-state index contributed by atoms with van der Waals surface area (Å²) in [5.41, 5.74) is 0.912. The molecular weight excluding hydrogens is 398 g/mol. The number of nitrogens with zero attached hydrogens (tertiary/aromatic N) is 1. The molecule has 4 aromatic rings. The first-order chi connectivity index (χ1) is 12.6. The highest BCUT2D eigenvalue weighted by atomic mass is 79.9. The fraction of sp³-hybridized carbons (Fsp3) is 0.0500. The third-order valence-corrected chi connectivity index (χ3v) is 4.45. The van der Waals surface area contributed by atoms with Gasteiger partial charge in [-0.25, -0.2) is 9.59 Å². The van der Waals surface area contributed by atoms with E-state index in [-0.39, 0.29) is 6.61 Å². The van der Waals surface area contributed by atoms with Crippen molar-refractivity contribution in [2.45, 2.75) is 6.61 Å². The number of ether oxygens (including phenoxy) is 1. The number of rotatable bonds is 3. The fourth-order valence-corrected chi connectivity index (χ4v) is 3.25. The Balaban J connectivity index is 1.75. The van der Waals surface area contributed by atoms with E-state index in [1.54, 1.807) is 18.3 Å². The Labute approximate surface area is 156 Å². The molecule has 0 unspecified atom stereocenters. The minimum Gasteiger partial charge on any atom is -0.457 e. The Morgan fingerprint density at radius 1 is 1.12 bits per heavy atom. The van der Waals surface area contributed by atoms with Crippen molar-refractivity contribution in [3.8, 4) is 0 Å². The number of hydrogen-bond acceptors (Lipinski definition) is 5. The molecule has 0 atom stereocenters. The molecule has 0 saturated carbocycles. The van der Waals surface area contributed by atoms with E-state index in [0.29, 0.717) is 21.2 Å². The number of benzene rings is 2. The third-order valence-electron chi connectivity index (χ3n) is 4.01. The summed E-state index contributed by atoms with van der Waals surface area (Å²) < 4.78 is 11.4. The summed E-state index contributed by atoms with van der Waals surface area (Å²) in [6.45, 7) is -0.0402. The van der Waals surface area contributed by atoms with Crippen LogP contribution in [-0.2, 0) is 11.3 Å². The van der Waals surface area contributed by atoms with E-state index in [9.17, 15) is 9.59 Å². The zero-order chi connectivity index (χ0) is 18.1. The van der Waals surface area contributed by atoms with Crippen molar-refractivity contribution in [3.05, 3.63) is 86.9 Å². The van der Waals surface area contributed by atoms with Crippen LogP contribution in [0, 0.1) is 0 Å². The Morgan fingerprint density at radius 2 is 1.96 bits per heavy atom. The van der Waals surface area contributed by atoms with E-state index in [4.69, 9.17) is 9.15 Å². The van der Waals surface area contributed by atoms with Crippen molar-refractivity contribution >= 4 is 43.6 Å². The molecule has 0 aliphatic rings. The Bertz CT molecular complexity index is 1200. The second kappa shape index (κ2) is 6.72. The second-order valence-corrected chi connectivity index (χ2v) is 6.63. The van der Waals surface area contributed by atoms with Crippen LogP contribution in [0.4, 0.5) is 0 Å². The molecule has 0 fully saturated rings. The summed E-state index contributed by atoms with van der Waals surface area (Å²) in [7, 11) is 0. The van der Waals surface area contributed by atoms with Gasteiger partial charge in [0, 0.05) is 33.9 Å². The van der Waals surface area contributed by atoms with Gasteiger partial charge >= 0.3 is 11.6 Å². The number of carbonyl (C=O) groups excluding carboxylic acids is 1. The Hall–Kier alpha value is -2.99. The second-order valence-electron chi connectivity index (χ2n) is 5.72. The van der Waals surface area contributed by atoms with E-state index in [1.165, 1.54) is 12.3 Å². The van der Waals surface area contributed by atoms with E-state index < -0.39 is 11.6 Å². The van der Waals surface area contributed by atoms with Crippen LogP contribution in [0.25, 0.3) is 21.7 Å². The van der Waals surface area contributed by atoms with Crippen molar-refractivity contribution in [2.24, 2.45) is 0 Å². The molecule has 0 saturated heterocycles. The number of halogens is 1. The topological polar surface area (TPSA) is 69.4 Å². The first-order valence-electron chi connectivity index (χ1n) is 7.84. The van der Waals surface area contributed by atoms with Gasteiger partial charge in [-0.3, -0.25) is 4.98 Å². The van der Waals surface area contributed by atoms with Gasteiger partial charge in [0.15, 0.2) is 0 Å². The van der Waals surface area contributed by atoms with Crippen molar-refractivity contribution in [1.82, 2.24) is 4.98 Å². The average Bonchev–Trinajstić information content (AvgIpc) is 2.65. The molecular formula is C20H12BrNO4. The van der Waals surface area contributed by atoms with Gasteiger partial charge in [-0.05, 0) is 38.8 Å². The smallest absolute Gasteiger partial charge is 0.340 e. The highest BCUT2D eigenvalue weighted by Gasteiger charge is 2.13. The molecule has 0 aliphatic heterocycles. The average molecular weight is 410 g/mol. The monoisotopic (exact) mass is 409 g/mol. The maximum Gasteiger partial charge on any atom is 0.340 e. The predicted octanol–water partition coefficient (Wildman–Crippen LogP) is 4.46. The molecule has 2 heterocycles. The van der Waals surface area contributed by atoms with Crippen LogP contribution in [-0.4, -0.2) is 11.0 Å². The number of pyridine rings is 1. The number of carbonyl (C=O) groups is 1. The zero-order valence-corrected chi connectivity index (χ0v) is 15.0. The van der Waals surface area contributed by atoms with Crippen LogP contribution in [0.1, 0.15) is 15.9 Å². The lowest BCUT2D eigenvalue weighted by atomic mass is 10.0. The van der Waals surface area contributed by atoms with Gasteiger partial charge in [0.1, 0.15) is 12.2 Å². The van der Waals surface area contributed by atoms with Gasteiger partial charge in [0.2, 0.25) is 0 Å². The van der Waals surface area contributed by atoms with Gasteiger partial charge < -0.3 is 9.15 Å². The van der Waals surface area contributed by atoms with Crippen LogP contribution in [0.5, 0.6) is 0 Å². The maximum atomic E-state index is 12.3. The van der Waals surface area contributed by atoms with Crippen molar-refractivity contribution in [2.75, 3.05) is 0 Å². The standard InChI is InChI=1S/C20H12BrNO4/c21-15-7-13(9-22-10-15)20(24)25-11-14-8-18(23)26-17-6-5-12-3-1-2-4-16(12)19(14)17/h1-10H,11H2. The first kappa shape index (κ1) is 16.5. The Morgan fingerprint density at radius 3 is 2.81 bits per heavy atom. The molecule has 0 amide bonds. The molecule has 0 bridgehead atoms. The van der Waals surface area contributed by atoms with E-state index >= 15 is 0 Å². The van der Waals surface area contributed by atoms with E-state index in [2.05, 4.69) is 20.9 Å². The third kappa shape index (κ3) is 3.11. The summed E-state index contributed by atoms with van der Waals surface area (Å²) in [5.74, 6) is -0.513. The molecule has 2 aromatic carbocycles. The number of esters is 1. The molecule has 0 radical (unpaired) electrons. The highest BCUT2D eigenvalue weighted by Crippen LogP contribution is 2.28. The van der Waals surface area contributed by atoms with Crippen LogP contribution >= 0.6 is 15.9 Å². The van der Waals surface area contributed by atoms with Crippen molar-refractivity contribution < 1.29 is 13.9 Å². The van der Waals surface area contributed by atoms with Crippen LogP contribution in [0.2, 0.25) is 0 Å². The normalized spacial score (nSPS) is 11.0. The van der Waals surface area contributed by atoms with Gasteiger partial charge in [0.25, 0.3) is 0 Å². The van der Waals surface area contributed by atoms with Gasteiger partial charge in [0.05, 0.1) is 5.56 Å². The van der Waals surface area contributed by atoms with Crippen LogP contribution < -0.4 is 5.63 Å². The molecule has 0 N–H and O–H groups in total. The summed E-state index contributed by atoms with van der Waals surface area (Å²) in [6.07, 6.45) is 3.01. The lowest BCUT2D eigenvalue weighted by Crippen LogP contribution is -2.08. The lowest BCUT2D eigenvalue weighted by Gasteiger charge is -2.09. The van der Waals surface area contributed by atoms with Gasteiger partial charge in [-0.1, -0.05) is 30.3 Å². The van der Waals surface area contributed by atoms with Crippen LogP contribution in [0.3, 0.4) is 0 Å². The summed E-state index contributed by atoms with van der Waals surface area (Å²) >= 11 is 3.27. The van der Waals surface area contributed by atoms with E-state index in [0.717, 1.165) is 16.2 Å². The molecule has 0 spiro atoms. The highest BCUT2D eigenvalue weighted by molar-refractivity contribution is 9.10. The summed E-state index contributed by atoms with van der Waals surface area (Å²) in [5, 5.41) is 2.71. The predicted molar refractivity (Wildman–Crippen MR) is 101 cm³/mol. The van der Waals surface area contributed by atoms with Crippen molar-refractivity contribution in [3.63, 3.8) is 0 Å². The van der Waals surface area contributed by atoms with Gasteiger partial charge in [-0.15, -0.1) is 0 Å². The van der Waals surface area contributed by atoms with Crippen LogP contribution in [0.15, 0.2) is 74.6 Å². The molecule has 0 aliphatic carbocycles. The quantitative estimate of drug-likeness (QED) is 0.283. The fourth-order valence-electron chi connectivity index (χ4n) is 2.88. The minimum absolute atomic E-state index is 0.0402. The SMILES string of the molecule is O=C(OCc1cc(=O)oc2ccc3ccccc3c12)c1cncc(Br)c1. The van der Waals surface area contributed by atoms with E-state index in [1.807, 2.05) is 30.3 Å². The molecule has 128 valence electrons. The molecule has 5 nitrogen and oxygen atoms in total. The number of hydrogen-bond donors (Lipinski definition) is 0. The molecule has 2 aromatic heterocycles. The van der Waals surface area contributed by atoms with Gasteiger partial charge in [-0.2, -0.15) is 0 Å². The molecule has 26 heavy (non-hydrogen) atoms. The largest absolute Gasteiger partial charge is 0.457 e. The maximum absolute atomic E-state index is 12.3. The number of fused-ring (bicyclic) bond motifs is 3.